The minimum atomic E-state index is -0.766. The van der Waals surface area contributed by atoms with Gasteiger partial charge in [-0.05, 0) is 24.8 Å². The highest BCUT2D eigenvalue weighted by Gasteiger charge is 2.30. The monoisotopic (exact) mass is 294 g/mol. The third-order valence-electron chi connectivity index (χ3n) is 3.87. The van der Waals surface area contributed by atoms with E-state index < -0.39 is 10.9 Å². The molecule has 2 rings (SSSR count). The molecule has 8 nitrogen and oxygen atoms in total. The minimum absolute atomic E-state index is 0.0365. The van der Waals surface area contributed by atoms with Crippen molar-refractivity contribution >= 4 is 23.3 Å². The third kappa shape index (κ3) is 3.59. The van der Waals surface area contributed by atoms with E-state index in [0.29, 0.717) is 18.8 Å². The van der Waals surface area contributed by atoms with Crippen LogP contribution < -0.4 is 11.1 Å². The molecular formula is C13H18N4O4. The largest absolute Gasteiger partial charge is 0.481 e. The lowest BCUT2D eigenvalue weighted by atomic mass is 9.79. The first kappa shape index (κ1) is 15.0. The number of carboxylic acid groups (broad SMARTS) is 1. The molecule has 4 N–H and O–H groups in total. The van der Waals surface area contributed by atoms with E-state index in [2.05, 4.69) is 10.3 Å². The number of rotatable bonds is 5. The number of nitrogens with two attached hydrogens (primary N) is 1. The van der Waals surface area contributed by atoms with E-state index in [0.717, 1.165) is 19.3 Å². The van der Waals surface area contributed by atoms with Crippen LogP contribution in [-0.2, 0) is 4.79 Å². The van der Waals surface area contributed by atoms with Crippen molar-refractivity contribution in [3.8, 4) is 0 Å². The van der Waals surface area contributed by atoms with E-state index >= 15 is 0 Å². The second-order valence-corrected chi connectivity index (χ2v) is 5.23. The Balaban J connectivity index is 2.00. The van der Waals surface area contributed by atoms with E-state index in [1.165, 1.54) is 12.1 Å². The topological polar surface area (TPSA) is 131 Å². The maximum atomic E-state index is 11.2. The van der Waals surface area contributed by atoms with Crippen molar-refractivity contribution in [1.29, 1.82) is 0 Å². The number of hydrogen-bond acceptors (Lipinski definition) is 6. The molecule has 0 spiro atoms. The summed E-state index contributed by atoms with van der Waals surface area (Å²) in [6, 6.07) is 2.77. The van der Waals surface area contributed by atoms with E-state index in [1.807, 2.05) is 0 Å². The van der Waals surface area contributed by atoms with Gasteiger partial charge in [0, 0.05) is 12.6 Å². The molecule has 2 atom stereocenters. The molecule has 0 saturated heterocycles. The lowest BCUT2D eigenvalue weighted by molar-refractivity contribution is -0.384. The number of pyridine rings is 1. The normalized spacial score (nSPS) is 21.7. The third-order valence-corrected chi connectivity index (χ3v) is 3.87. The molecule has 0 amide bonds. The van der Waals surface area contributed by atoms with Crippen molar-refractivity contribution in [2.45, 2.75) is 25.7 Å². The Bertz CT molecular complexity index is 549. The number of nitro groups is 1. The highest BCUT2D eigenvalue weighted by molar-refractivity contribution is 5.70. The first-order valence-electron chi connectivity index (χ1n) is 6.86. The van der Waals surface area contributed by atoms with Gasteiger partial charge >= 0.3 is 11.7 Å². The zero-order valence-electron chi connectivity index (χ0n) is 11.5. The van der Waals surface area contributed by atoms with Crippen LogP contribution in [0.1, 0.15) is 25.7 Å². The quantitative estimate of drug-likeness (QED) is 0.558. The van der Waals surface area contributed by atoms with Crippen LogP contribution >= 0.6 is 0 Å². The number of carboxylic acids is 1. The lowest BCUT2D eigenvalue weighted by Crippen LogP contribution is -2.31. The fourth-order valence-electron chi connectivity index (χ4n) is 2.73. The Labute approximate surface area is 121 Å². The van der Waals surface area contributed by atoms with Crippen LogP contribution in [0.2, 0.25) is 0 Å². The summed E-state index contributed by atoms with van der Waals surface area (Å²) in [7, 11) is 0. The summed E-state index contributed by atoms with van der Waals surface area (Å²) in [6.45, 7) is 0.473. The Morgan fingerprint density at radius 3 is 2.81 bits per heavy atom. The van der Waals surface area contributed by atoms with Gasteiger partial charge < -0.3 is 16.2 Å². The summed E-state index contributed by atoms with van der Waals surface area (Å²) in [5, 5.41) is 22.9. The average Bonchev–Trinajstić information content (AvgIpc) is 2.45. The van der Waals surface area contributed by atoms with Crippen molar-refractivity contribution in [2.75, 3.05) is 17.6 Å². The van der Waals surface area contributed by atoms with Gasteiger partial charge in [0.15, 0.2) is 0 Å². The second-order valence-electron chi connectivity index (χ2n) is 5.23. The van der Waals surface area contributed by atoms with E-state index in [4.69, 9.17) is 5.73 Å². The van der Waals surface area contributed by atoms with Crippen molar-refractivity contribution in [3.63, 3.8) is 0 Å². The maximum absolute atomic E-state index is 11.2. The number of hydrogen-bond donors (Lipinski definition) is 3. The van der Waals surface area contributed by atoms with Crippen LogP contribution in [0.5, 0.6) is 0 Å². The van der Waals surface area contributed by atoms with Crippen LogP contribution in [0.4, 0.5) is 17.3 Å². The van der Waals surface area contributed by atoms with Gasteiger partial charge in [-0.3, -0.25) is 14.9 Å². The van der Waals surface area contributed by atoms with Gasteiger partial charge in [0.25, 0.3) is 0 Å². The van der Waals surface area contributed by atoms with Gasteiger partial charge in [-0.1, -0.05) is 12.8 Å². The van der Waals surface area contributed by atoms with Gasteiger partial charge in [0.1, 0.15) is 5.82 Å². The smallest absolute Gasteiger partial charge is 0.311 e. The molecule has 0 bridgehead atoms. The Morgan fingerprint density at radius 1 is 1.48 bits per heavy atom. The molecule has 0 aromatic carbocycles. The molecule has 0 aliphatic heterocycles. The van der Waals surface area contributed by atoms with E-state index in [-0.39, 0.29) is 23.3 Å². The van der Waals surface area contributed by atoms with Gasteiger partial charge in [0.05, 0.1) is 10.8 Å². The Hall–Kier alpha value is -2.38. The summed E-state index contributed by atoms with van der Waals surface area (Å²) in [6.07, 6.45) is 3.51. The second kappa shape index (κ2) is 6.38. The summed E-state index contributed by atoms with van der Waals surface area (Å²) < 4.78 is 0. The van der Waals surface area contributed by atoms with Gasteiger partial charge in [-0.15, -0.1) is 0 Å². The first-order chi connectivity index (χ1) is 9.99. The molecule has 1 aliphatic rings. The summed E-state index contributed by atoms with van der Waals surface area (Å²) >= 11 is 0. The Morgan fingerprint density at radius 2 is 2.19 bits per heavy atom. The predicted octanol–water partition coefficient (Wildman–Crippen LogP) is 1.87. The van der Waals surface area contributed by atoms with Crippen LogP contribution in [0.25, 0.3) is 0 Å². The fourth-order valence-corrected chi connectivity index (χ4v) is 2.73. The molecular weight excluding hydrogens is 276 g/mol. The molecule has 8 heteroatoms. The maximum Gasteiger partial charge on any atom is 0.311 e. The zero-order chi connectivity index (χ0) is 15.4. The molecule has 1 heterocycles. The number of nitrogens with zero attached hydrogens (tertiary/aromatic N) is 2. The molecule has 114 valence electrons. The molecule has 1 aromatic heterocycles. The zero-order valence-corrected chi connectivity index (χ0v) is 11.5. The number of nitrogens with one attached hydrogen (secondary N) is 1. The molecule has 1 aromatic rings. The SMILES string of the molecule is Nc1nc(NCC2CCCCC2C(=O)O)ccc1[N+](=O)[O-]. The van der Waals surface area contributed by atoms with Crippen LogP contribution in [0, 0.1) is 22.0 Å². The molecule has 0 radical (unpaired) electrons. The number of anilines is 2. The summed E-state index contributed by atoms with van der Waals surface area (Å²) in [5.41, 5.74) is 5.29. The van der Waals surface area contributed by atoms with Gasteiger partial charge in [-0.25, -0.2) is 4.98 Å². The van der Waals surface area contributed by atoms with Gasteiger partial charge in [0.2, 0.25) is 5.82 Å². The molecule has 1 fully saturated rings. The Kier molecular flexibility index (Phi) is 4.56. The fraction of sp³-hybridized carbons (Fsp3) is 0.538. The standard InChI is InChI=1S/C13H18N4O4/c14-12-10(17(20)21)5-6-11(16-12)15-7-8-3-1-2-4-9(8)13(18)19/h5-6,8-9H,1-4,7H2,(H,18,19)(H3,14,15,16). The first-order valence-corrected chi connectivity index (χ1v) is 6.86. The van der Waals surface area contributed by atoms with E-state index in [9.17, 15) is 20.0 Å². The van der Waals surface area contributed by atoms with Crippen LogP contribution in [0.3, 0.4) is 0 Å². The van der Waals surface area contributed by atoms with Crippen molar-refractivity contribution in [3.05, 3.63) is 22.2 Å². The van der Waals surface area contributed by atoms with Crippen LogP contribution in [-0.4, -0.2) is 27.5 Å². The highest BCUT2D eigenvalue weighted by atomic mass is 16.6. The lowest BCUT2D eigenvalue weighted by Gasteiger charge is -2.28. The summed E-state index contributed by atoms with van der Waals surface area (Å²) in [5.74, 6) is -0.801. The summed E-state index contributed by atoms with van der Waals surface area (Å²) in [4.78, 5) is 25.2. The van der Waals surface area contributed by atoms with Gasteiger partial charge in [-0.2, -0.15) is 0 Å². The average molecular weight is 294 g/mol. The molecule has 1 saturated carbocycles. The van der Waals surface area contributed by atoms with Crippen molar-refractivity contribution < 1.29 is 14.8 Å². The van der Waals surface area contributed by atoms with Crippen LogP contribution in [0.15, 0.2) is 12.1 Å². The highest BCUT2D eigenvalue weighted by Crippen LogP contribution is 2.30. The number of aromatic nitrogens is 1. The molecule has 21 heavy (non-hydrogen) atoms. The molecule has 1 aliphatic carbocycles. The minimum Gasteiger partial charge on any atom is -0.481 e. The molecule has 2 unspecified atom stereocenters. The number of carbonyl (C=O) groups is 1. The van der Waals surface area contributed by atoms with Crippen molar-refractivity contribution in [1.82, 2.24) is 4.98 Å². The van der Waals surface area contributed by atoms with Crippen molar-refractivity contribution in [2.24, 2.45) is 11.8 Å². The number of nitrogen functional groups attached to an aromatic ring is 1. The predicted molar refractivity (Wildman–Crippen MR) is 76.9 cm³/mol. The van der Waals surface area contributed by atoms with E-state index in [1.54, 1.807) is 0 Å². The number of aliphatic carboxylic acids is 1.